The number of hydrogen-bond donors (Lipinski definition) is 1. The summed E-state index contributed by atoms with van der Waals surface area (Å²) < 4.78 is 0. The number of hydrogen-bond acceptors (Lipinski definition) is 3. The van der Waals surface area contributed by atoms with Crippen molar-refractivity contribution in [3.8, 4) is 0 Å². The van der Waals surface area contributed by atoms with Crippen molar-refractivity contribution in [1.82, 2.24) is 0 Å². The molecule has 0 aliphatic heterocycles. The first-order valence-corrected chi connectivity index (χ1v) is 6.18. The van der Waals surface area contributed by atoms with Gasteiger partial charge in [-0.3, -0.25) is 0 Å². The second-order valence-corrected chi connectivity index (χ2v) is 4.36. The minimum Gasteiger partial charge on any atom is -0.397 e. The molecule has 0 saturated heterocycles. The minimum atomic E-state index is 0.748. The van der Waals surface area contributed by atoms with Crippen molar-refractivity contribution >= 4 is 40.8 Å². The number of benzene rings is 1. The number of anilines is 1. The van der Waals surface area contributed by atoms with Crippen LogP contribution in [0.15, 0.2) is 21.9 Å². The Morgan fingerprint density at radius 1 is 1.17 bits per heavy atom. The monoisotopic (exact) mass is 219 g/mol. The summed E-state index contributed by atoms with van der Waals surface area (Å²) in [6.45, 7) is 0. The smallest absolute Gasteiger partial charge is 0.0591 e. The second-order valence-electron chi connectivity index (χ2n) is 2.22. The summed E-state index contributed by atoms with van der Waals surface area (Å²) in [5.41, 5.74) is 6.71. The molecule has 66 valence electrons. The summed E-state index contributed by atoms with van der Waals surface area (Å²) in [7, 11) is 0. The van der Waals surface area contributed by atoms with E-state index in [1.165, 1.54) is 0 Å². The molecule has 1 rings (SSSR count). The normalized spacial score (nSPS) is 10.2. The Kier molecular flexibility index (Phi) is 3.62. The SMILES string of the molecule is CSc1cc(Cl)cc(SC)c1N. The Labute approximate surface area is 86.1 Å². The molecule has 0 aliphatic carbocycles. The molecule has 1 aromatic rings. The van der Waals surface area contributed by atoms with Crippen molar-refractivity contribution in [3.63, 3.8) is 0 Å². The zero-order valence-corrected chi connectivity index (χ0v) is 9.32. The zero-order valence-electron chi connectivity index (χ0n) is 6.93. The van der Waals surface area contributed by atoms with Crippen LogP contribution in [0.5, 0.6) is 0 Å². The molecular formula is C8H10ClNS2. The van der Waals surface area contributed by atoms with E-state index in [9.17, 15) is 0 Å². The largest absolute Gasteiger partial charge is 0.397 e. The molecular weight excluding hydrogens is 210 g/mol. The van der Waals surface area contributed by atoms with Gasteiger partial charge in [0.05, 0.1) is 5.69 Å². The predicted octanol–water partition coefficient (Wildman–Crippen LogP) is 3.37. The molecule has 0 spiro atoms. The molecule has 0 radical (unpaired) electrons. The highest BCUT2D eigenvalue weighted by atomic mass is 35.5. The van der Waals surface area contributed by atoms with Gasteiger partial charge in [0.15, 0.2) is 0 Å². The third kappa shape index (κ3) is 2.03. The predicted molar refractivity (Wildman–Crippen MR) is 59.4 cm³/mol. The van der Waals surface area contributed by atoms with Crippen LogP contribution in [0.2, 0.25) is 5.02 Å². The lowest BCUT2D eigenvalue weighted by Crippen LogP contribution is -1.91. The van der Waals surface area contributed by atoms with Gasteiger partial charge in [0.1, 0.15) is 0 Å². The summed E-state index contributed by atoms with van der Waals surface area (Å²) >= 11 is 9.13. The third-order valence-electron chi connectivity index (χ3n) is 1.51. The molecule has 0 bridgehead atoms. The van der Waals surface area contributed by atoms with Gasteiger partial charge >= 0.3 is 0 Å². The summed E-state index contributed by atoms with van der Waals surface area (Å²) in [5, 5.41) is 0.748. The molecule has 1 nitrogen and oxygen atoms in total. The van der Waals surface area contributed by atoms with Crippen LogP contribution in [-0.2, 0) is 0 Å². The van der Waals surface area contributed by atoms with Crippen LogP contribution in [0.1, 0.15) is 0 Å². The van der Waals surface area contributed by atoms with Crippen molar-refractivity contribution in [2.24, 2.45) is 0 Å². The van der Waals surface area contributed by atoms with Gasteiger partial charge in [0.25, 0.3) is 0 Å². The lowest BCUT2D eigenvalue weighted by molar-refractivity contribution is 1.35. The van der Waals surface area contributed by atoms with Crippen LogP contribution in [0.25, 0.3) is 0 Å². The molecule has 0 unspecified atom stereocenters. The van der Waals surface area contributed by atoms with Crippen LogP contribution in [-0.4, -0.2) is 12.5 Å². The first kappa shape index (κ1) is 10.1. The Morgan fingerprint density at radius 3 is 1.92 bits per heavy atom. The van der Waals surface area contributed by atoms with Gasteiger partial charge in [-0.05, 0) is 24.6 Å². The lowest BCUT2D eigenvalue weighted by Gasteiger charge is -2.07. The number of nitrogens with two attached hydrogens (primary N) is 1. The highest BCUT2D eigenvalue weighted by molar-refractivity contribution is 7.99. The van der Waals surface area contributed by atoms with Gasteiger partial charge in [0.2, 0.25) is 0 Å². The Bertz CT molecular complexity index is 263. The molecule has 0 amide bonds. The summed E-state index contributed by atoms with van der Waals surface area (Å²) in [5.74, 6) is 0. The fourth-order valence-electron chi connectivity index (χ4n) is 0.907. The van der Waals surface area contributed by atoms with Crippen molar-refractivity contribution in [2.45, 2.75) is 9.79 Å². The average molecular weight is 220 g/mol. The van der Waals surface area contributed by atoms with Crippen molar-refractivity contribution in [2.75, 3.05) is 18.2 Å². The molecule has 0 heterocycles. The standard InChI is InChI=1S/C8H10ClNS2/c1-11-6-3-5(9)4-7(12-2)8(6)10/h3-4H,10H2,1-2H3. The van der Waals surface area contributed by atoms with Gasteiger partial charge < -0.3 is 5.73 Å². The lowest BCUT2D eigenvalue weighted by atomic mass is 10.3. The quantitative estimate of drug-likeness (QED) is 0.610. The van der Waals surface area contributed by atoms with Crippen molar-refractivity contribution in [1.29, 1.82) is 0 Å². The maximum atomic E-state index is 5.90. The van der Waals surface area contributed by atoms with Gasteiger partial charge in [-0.25, -0.2) is 0 Å². The van der Waals surface area contributed by atoms with Crippen LogP contribution >= 0.6 is 35.1 Å². The Hall–Kier alpha value is 0.01000. The van der Waals surface area contributed by atoms with Crippen LogP contribution in [0.3, 0.4) is 0 Å². The van der Waals surface area contributed by atoms with Gasteiger partial charge in [0, 0.05) is 14.8 Å². The molecule has 0 aliphatic rings. The van der Waals surface area contributed by atoms with E-state index in [-0.39, 0.29) is 0 Å². The zero-order chi connectivity index (χ0) is 9.14. The van der Waals surface area contributed by atoms with Crippen molar-refractivity contribution < 1.29 is 0 Å². The van der Waals surface area contributed by atoms with Crippen LogP contribution in [0, 0.1) is 0 Å². The van der Waals surface area contributed by atoms with E-state index >= 15 is 0 Å². The first-order valence-electron chi connectivity index (χ1n) is 3.36. The minimum absolute atomic E-state index is 0.748. The molecule has 12 heavy (non-hydrogen) atoms. The molecule has 2 N–H and O–H groups in total. The fourth-order valence-corrected chi connectivity index (χ4v) is 2.47. The molecule has 0 saturated carbocycles. The second kappa shape index (κ2) is 4.30. The number of nitrogen functional groups attached to an aromatic ring is 1. The van der Waals surface area contributed by atoms with Crippen LogP contribution < -0.4 is 5.73 Å². The van der Waals surface area contributed by atoms with E-state index in [1.54, 1.807) is 23.5 Å². The Balaban J connectivity index is 3.22. The Morgan fingerprint density at radius 2 is 1.58 bits per heavy atom. The van der Waals surface area contributed by atoms with Gasteiger partial charge in [-0.15, -0.1) is 23.5 Å². The van der Waals surface area contributed by atoms with E-state index < -0.39 is 0 Å². The topological polar surface area (TPSA) is 26.0 Å². The summed E-state index contributed by atoms with van der Waals surface area (Å²) in [6.07, 6.45) is 3.98. The van der Waals surface area contributed by atoms with E-state index in [2.05, 4.69) is 0 Å². The molecule has 0 fully saturated rings. The number of thioether (sulfide) groups is 2. The van der Waals surface area contributed by atoms with Crippen molar-refractivity contribution in [3.05, 3.63) is 17.2 Å². The molecule has 4 heteroatoms. The van der Waals surface area contributed by atoms with E-state index in [4.69, 9.17) is 17.3 Å². The average Bonchev–Trinajstić information content (AvgIpc) is 2.08. The fraction of sp³-hybridized carbons (Fsp3) is 0.250. The maximum absolute atomic E-state index is 5.90. The molecule has 0 atom stereocenters. The number of halogens is 1. The summed E-state index contributed by atoms with van der Waals surface area (Å²) in [6, 6.07) is 3.78. The first-order chi connectivity index (χ1) is 5.69. The van der Waals surface area contributed by atoms with E-state index in [0.29, 0.717) is 0 Å². The highest BCUT2D eigenvalue weighted by Crippen LogP contribution is 2.34. The van der Waals surface area contributed by atoms with Gasteiger partial charge in [-0.2, -0.15) is 0 Å². The molecule has 0 aromatic heterocycles. The van der Waals surface area contributed by atoms with Crippen LogP contribution in [0.4, 0.5) is 5.69 Å². The number of rotatable bonds is 2. The van der Waals surface area contributed by atoms with Gasteiger partial charge in [-0.1, -0.05) is 11.6 Å². The summed E-state index contributed by atoms with van der Waals surface area (Å²) in [4.78, 5) is 2.10. The van der Waals surface area contributed by atoms with E-state index in [1.807, 2.05) is 24.6 Å². The van der Waals surface area contributed by atoms with E-state index in [0.717, 1.165) is 20.5 Å². The molecule has 1 aromatic carbocycles. The maximum Gasteiger partial charge on any atom is 0.0591 e. The highest BCUT2D eigenvalue weighted by Gasteiger charge is 2.05. The third-order valence-corrected chi connectivity index (χ3v) is 3.28.